The fourth-order valence-electron chi connectivity index (χ4n) is 2.67. The molecule has 2 atom stereocenters. The highest BCUT2D eigenvalue weighted by atomic mass is 14.9. The average Bonchev–Trinajstić information content (AvgIpc) is 3.02. The molecule has 0 radical (unpaired) electrons. The maximum absolute atomic E-state index is 3.53. The van der Waals surface area contributed by atoms with Crippen LogP contribution in [-0.4, -0.2) is 12.6 Å². The highest BCUT2D eigenvalue weighted by Crippen LogP contribution is 2.41. The van der Waals surface area contributed by atoms with Gasteiger partial charge in [0.2, 0.25) is 0 Å². The smallest absolute Gasteiger partial charge is 0.00452 e. The van der Waals surface area contributed by atoms with Crippen LogP contribution in [0.2, 0.25) is 0 Å². The summed E-state index contributed by atoms with van der Waals surface area (Å²) in [5.74, 6) is 1.63. The summed E-state index contributed by atoms with van der Waals surface area (Å²) in [5, 5.41) is 3.53. The Bertz CT molecular complexity index is 354. The van der Waals surface area contributed by atoms with Crippen molar-refractivity contribution in [3.05, 3.63) is 35.4 Å². The molecule has 1 nitrogen and oxygen atoms in total. The number of nitrogens with one attached hydrogen (secondary N) is 1. The van der Waals surface area contributed by atoms with Crippen molar-refractivity contribution < 1.29 is 0 Å². The van der Waals surface area contributed by atoms with E-state index in [-0.39, 0.29) is 0 Å². The molecule has 1 heterocycles. The molecule has 1 N–H and O–H groups in total. The van der Waals surface area contributed by atoms with E-state index in [0.717, 1.165) is 18.4 Å². The van der Waals surface area contributed by atoms with E-state index in [4.69, 9.17) is 0 Å². The number of rotatable bonds is 2. The zero-order chi connectivity index (χ0) is 10.3. The molecule has 15 heavy (non-hydrogen) atoms. The molecule has 80 valence electrons. The van der Waals surface area contributed by atoms with Crippen molar-refractivity contribution in [2.24, 2.45) is 0 Å². The molecule has 0 bridgehead atoms. The van der Waals surface area contributed by atoms with Crippen LogP contribution in [0.15, 0.2) is 24.3 Å². The molecule has 1 saturated heterocycles. The lowest BCUT2D eigenvalue weighted by Gasteiger charge is -2.10. The predicted molar refractivity (Wildman–Crippen MR) is 63.2 cm³/mol. The Morgan fingerprint density at radius 2 is 1.87 bits per heavy atom. The Hall–Kier alpha value is -0.820. The normalized spacial score (nSPS) is 30.7. The van der Waals surface area contributed by atoms with Crippen LogP contribution in [0.5, 0.6) is 0 Å². The van der Waals surface area contributed by atoms with Gasteiger partial charge in [-0.05, 0) is 49.1 Å². The Balaban J connectivity index is 1.81. The van der Waals surface area contributed by atoms with Crippen LogP contribution >= 0.6 is 0 Å². The van der Waals surface area contributed by atoms with Crippen LogP contribution in [-0.2, 0) is 0 Å². The Morgan fingerprint density at radius 3 is 2.47 bits per heavy atom. The number of benzene rings is 1. The summed E-state index contributed by atoms with van der Waals surface area (Å²) in [4.78, 5) is 0. The zero-order valence-electron chi connectivity index (χ0n) is 9.37. The monoisotopic (exact) mass is 201 g/mol. The van der Waals surface area contributed by atoms with E-state index >= 15 is 0 Å². The largest absolute Gasteiger partial charge is 0.314 e. The standard InChI is InChI=1S/C14H19N/c1-10-7-14(9-15-10)13-4-2-3-12(8-13)11-5-6-11/h2-4,8,10-11,14-15H,5-7,9H2,1H3. The van der Waals surface area contributed by atoms with Gasteiger partial charge in [0.25, 0.3) is 0 Å². The fourth-order valence-corrected chi connectivity index (χ4v) is 2.67. The summed E-state index contributed by atoms with van der Waals surface area (Å²) >= 11 is 0. The highest BCUT2D eigenvalue weighted by Gasteiger charge is 2.26. The van der Waals surface area contributed by atoms with Crippen molar-refractivity contribution in [2.75, 3.05) is 6.54 Å². The predicted octanol–water partition coefficient (Wildman–Crippen LogP) is 3.03. The van der Waals surface area contributed by atoms with Crippen LogP contribution in [0, 0.1) is 0 Å². The molecule has 0 spiro atoms. The van der Waals surface area contributed by atoms with Gasteiger partial charge in [-0.1, -0.05) is 24.3 Å². The second-order valence-corrected chi connectivity index (χ2v) is 5.19. The van der Waals surface area contributed by atoms with Gasteiger partial charge in [-0.15, -0.1) is 0 Å². The quantitative estimate of drug-likeness (QED) is 0.775. The first-order valence-corrected chi connectivity index (χ1v) is 6.16. The van der Waals surface area contributed by atoms with Crippen molar-refractivity contribution in [3.8, 4) is 0 Å². The van der Waals surface area contributed by atoms with Gasteiger partial charge in [0, 0.05) is 12.6 Å². The van der Waals surface area contributed by atoms with Crippen LogP contribution in [0.25, 0.3) is 0 Å². The van der Waals surface area contributed by atoms with Crippen molar-refractivity contribution in [3.63, 3.8) is 0 Å². The summed E-state index contributed by atoms with van der Waals surface area (Å²) in [5.41, 5.74) is 3.13. The minimum Gasteiger partial charge on any atom is -0.314 e. The third-order valence-electron chi connectivity index (χ3n) is 3.78. The second-order valence-electron chi connectivity index (χ2n) is 5.19. The van der Waals surface area contributed by atoms with E-state index in [1.165, 1.54) is 19.3 Å². The number of hydrogen-bond donors (Lipinski definition) is 1. The van der Waals surface area contributed by atoms with Crippen LogP contribution < -0.4 is 5.32 Å². The van der Waals surface area contributed by atoms with Crippen molar-refractivity contribution in [1.29, 1.82) is 0 Å². The lowest BCUT2D eigenvalue weighted by Crippen LogP contribution is -2.16. The highest BCUT2D eigenvalue weighted by molar-refractivity contribution is 5.32. The molecule has 0 amide bonds. The molecule has 1 saturated carbocycles. The molecule has 2 aliphatic rings. The number of hydrogen-bond acceptors (Lipinski definition) is 1. The zero-order valence-corrected chi connectivity index (χ0v) is 9.37. The van der Waals surface area contributed by atoms with Crippen molar-refractivity contribution >= 4 is 0 Å². The first-order valence-electron chi connectivity index (χ1n) is 6.16. The van der Waals surface area contributed by atoms with E-state index in [1.807, 2.05) is 0 Å². The average molecular weight is 201 g/mol. The topological polar surface area (TPSA) is 12.0 Å². The van der Waals surface area contributed by atoms with Crippen LogP contribution in [0.4, 0.5) is 0 Å². The molecule has 3 rings (SSSR count). The van der Waals surface area contributed by atoms with Gasteiger partial charge in [-0.3, -0.25) is 0 Å². The molecule has 0 aromatic heterocycles. The van der Waals surface area contributed by atoms with E-state index in [0.29, 0.717) is 6.04 Å². The summed E-state index contributed by atoms with van der Waals surface area (Å²) < 4.78 is 0. The fraction of sp³-hybridized carbons (Fsp3) is 0.571. The lowest BCUT2D eigenvalue weighted by atomic mass is 9.94. The summed E-state index contributed by atoms with van der Waals surface area (Å²) in [6.07, 6.45) is 4.11. The lowest BCUT2D eigenvalue weighted by molar-refractivity contribution is 0.658. The van der Waals surface area contributed by atoms with Crippen LogP contribution in [0.3, 0.4) is 0 Å². The molecule has 1 aliphatic heterocycles. The molecule has 2 fully saturated rings. The molecule has 2 unspecified atom stereocenters. The Labute approximate surface area is 91.9 Å². The third kappa shape index (κ3) is 1.93. The van der Waals surface area contributed by atoms with E-state index in [2.05, 4.69) is 36.5 Å². The van der Waals surface area contributed by atoms with Gasteiger partial charge < -0.3 is 5.32 Å². The molecule has 1 heteroatoms. The van der Waals surface area contributed by atoms with E-state index in [1.54, 1.807) is 11.1 Å². The maximum atomic E-state index is 3.53. The molecular formula is C14H19N. The van der Waals surface area contributed by atoms with Crippen molar-refractivity contribution in [1.82, 2.24) is 5.32 Å². The SMILES string of the molecule is CC1CC(c2cccc(C3CC3)c2)CN1. The minimum absolute atomic E-state index is 0.694. The van der Waals surface area contributed by atoms with Gasteiger partial charge in [0.05, 0.1) is 0 Å². The minimum atomic E-state index is 0.694. The second kappa shape index (κ2) is 3.64. The molecule has 1 aromatic rings. The Morgan fingerprint density at radius 1 is 1.13 bits per heavy atom. The maximum Gasteiger partial charge on any atom is 0.00452 e. The molecule has 1 aliphatic carbocycles. The van der Waals surface area contributed by atoms with Gasteiger partial charge >= 0.3 is 0 Å². The summed E-state index contributed by atoms with van der Waals surface area (Å²) in [6.45, 7) is 3.44. The van der Waals surface area contributed by atoms with Crippen molar-refractivity contribution in [2.45, 2.75) is 44.1 Å². The summed E-state index contributed by atoms with van der Waals surface area (Å²) in [7, 11) is 0. The van der Waals surface area contributed by atoms with Gasteiger partial charge in [-0.2, -0.15) is 0 Å². The van der Waals surface area contributed by atoms with E-state index in [9.17, 15) is 0 Å². The van der Waals surface area contributed by atoms with E-state index < -0.39 is 0 Å². The first-order chi connectivity index (χ1) is 7.33. The van der Waals surface area contributed by atoms with Gasteiger partial charge in [0.1, 0.15) is 0 Å². The Kier molecular flexibility index (Phi) is 2.28. The van der Waals surface area contributed by atoms with Gasteiger partial charge in [0.15, 0.2) is 0 Å². The third-order valence-corrected chi connectivity index (χ3v) is 3.78. The van der Waals surface area contributed by atoms with Crippen LogP contribution in [0.1, 0.15) is 49.1 Å². The first kappa shape index (κ1) is 9.41. The summed E-state index contributed by atoms with van der Waals surface area (Å²) in [6, 6.07) is 9.98. The molecular weight excluding hydrogens is 182 g/mol. The van der Waals surface area contributed by atoms with Gasteiger partial charge in [-0.25, -0.2) is 0 Å². The molecule has 1 aromatic carbocycles.